The predicted molar refractivity (Wildman–Crippen MR) is 248 cm³/mol. The molecule has 4 rings (SSSR count). The van der Waals surface area contributed by atoms with Gasteiger partial charge in [0.1, 0.15) is 23.2 Å². The van der Waals surface area contributed by atoms with E-state index in [-0.39, 0.29) is 20.2 Å². The van der Waals surface area contributed by atoms with Crippen molar-refractivity contribution >= 4 is 29.0 Å². The minimum atomic E-state index is -1.77. The van der Waals surface area contributed by atoms with Gasteiger partial charge in [-0.3, -0.25) is 4.79 Å². The normalized spacial score (nSPS) is 10.8. The van der Waals surface area contributed by atoms with Crippen molar-refractivity contribution in [1.29, 1.82) is 0 Å². The number of allylic oxidation sites excluding steroid dienone is 5. The van der Waals surface area contributed by atoms with Gasteiger partial charge < -0.3 is 0 Å². The van der Waals surface area contributed by atoms with E-state index >= 15 is 0 Å². The maximum atomic E-state index is 13.6. The first kappa shape index (κ1) is 50.4. The van der Waals surface area contributed by atoms with Gasteiger partial charge in [0.15, 0.2) is 5.78 Å². The van der Waals surface area contributed by atoms with Gasteiger partial charge in [-0.05, 0) is 178 Å². The minimum absolute atomic E-state index is 0. The molecule has 61 heavy (non-hydrogen) atoms. The monoisotopic (exact) mass is 829 g/mol. The third kappa shape index (κ3) is 17.5. The van der Waals surface area contributed by atoms with Crippen molar-refractivity contribution in [1.82, 2.24) is 0 Å². The lowest BCUT2D eigenvalue weighted by atomic mass is 9.85. The van der Waals surface area contributed by atoms with Gasteiger partial charge in [0, 0.05) is 7.00 Å². The van der Waals surface area contributed by atoms with E-state index in [0.717, 1.165) is 25.4 Å². The summed E-state index contributed by atoms with van der Waals surface area (Å²) in [6, 6.07) is 33.4. The summed E-state index contributed by atoms with van der Waals surface area (Å²) < 4.78 is 0. The van der Waals surface area contributed by atoms with Crippen molar-refractivity contribution < 1.29 is 36.9 Å². The van der Waals surface area contributed by atoms with Crippen LogP contribution in [0.3, 0.4) is 0 Å². The summed E-state index contributed by atoms with van der Waals surface area (Å²) in [4.78, 5) is 13.6. The molecule has 1 aliphatic carbocycles. The van der Waals surface area contributed by atoms with Gasteiger partial charge in [0.2, 0.25) is 0 Å². The van der Waals surface area contributed by atoms with Crippen LogP contribution in [0.15, 0.2) is 126 Å². The molecule has 0 bridgehead atoms. The van der Waals surface area contributed by atoms with E-state index in [9.17, 15) is 4.79 Å². The first-order chi connectivity index (χ1) is 29.5. The average Bonchev–Trinajstić information content (AvgIpc) is 3.29. The molecule has 0 aliphatic heterocycles. The molecule has 308 valence electrons. The topological polar surface area (TPSA) is 94.5 Å². The highest BCUT2D eigenvalue weighted by atomic mass is 31.2. The molecule has 3 aromatic carbocycles. The zero-order valence-electron chi connectivity index (χ0n) is 33.5. The Hall–Kier alpha value is -6.78. The zero-order valence-corrected chi connectivity index (χ0v) is 34.4. The van der Waals surface area contributed by atoms with Crippen LogP contribution in [0.2, 0.25) is 0 Å². The van der Waals surface area contributed by atoms with Crippen molar-refractivity contribution in [2.75, 3.05) is 6.16 Å². The second-order valence-electron chi connectivity index (χ2n) is 12.7. The van der Waals surface area contributed by atoms with Gasteiger partial charge in [0.25, 0.3) is 0 Å². The quantitative estimate of drug-likeness (QED) is 0.0461. The largest absolute Gasteiger partial charge is 0.288 e. The third-order valence-electron chi connectivity index (χ3n) is 8.94. The Morgan fingerprint density at radius 1 is 0.590 bits per heavy atom. The molecule has 1 aliphatic rings. The summed E-state index contributed by atoms with van der Waals surface area (Å²) in [7, 11) is -1.77. The Morgan fingerprint density at radius 2 is 1.00 bits per heavy atom. The average molecular weight is 830 g/mol. The first-order valence-electron chi connectivity index (χ1n) is 19.1. The molecular formula is C53H50O7P+. The lowest BCUT2D eigenvalue weighted by molar-refractivity contribution is -0.749. The Labute approximate surface area is 364 Å². The van der Waals surface area contributed by atoms with E-state index in [1.165, 1.54) is 48.0 Å². The molecule has 0 radical (unpaired) electrons. The molecule has 2 N–H and O–H groups in total. The Bertz CT molecular complexity index is 2360. The fourth-order valence-electron chi connectivity index (χ4n) is 6.37. The molecule has 7 nitrogen and oxygen atoms in total. The van der Waals surface area contributed by atoms with Crippen LogP contribution in [0.1, 0.15) is 73.6 Å². The molecule has 0 amide bonds. The van der Waals surface area contributed by atoms with Gasteiger partial charge in [-0.15, -0.1) is 6.42 Å². The van der Waals surface area contributed by atoms with Crippen LogP contribution in [0.5, 0.6) is 0 Å². The van der Waals surface area contributed by atoms with E-state index in [4.69, 9.17) is 16.9 Å². The summed E-state index contributed by atoms with van der Waals surface area (Å²) in [6.45, 7) is 5.87. The number of terminal acetylenes is 1. The van der Waals surface area contributed by atoms with Gasteiger partial charge >= 0.3 is 0 Å². The Balaban J connectivity index is 0.00000224. The van der Waals surface area contributed by atoms with E-state index in [1.54, 1.807) is 6.92 Å². The summed E-state index contributed by atoms with van der Waals surface area (Å²) in [5, 5.41) is 30.3. The van der Waals surface area contributed by atoms with Crippen LogP contribution >= 0.6 is 7.26 Å². The molecule has 0 saturated heterocycles. The number of ketones is 1. The summed E-state index contributed by atoms with van der Waals surface area (Å²) >= 11 is 0. The first-order valence-corrected chi connectivity index (χ1v) is 21.1. The molecular weight excluding hydrogens is 780 g/mol. The van der Waals surface area contributed by atoms with E-state index < -0.39 is 7.26 Å². The van der Waals surface area contributed by atoms with Crippen LogP contribution in [0.25, 0.3) is 0 Å². The number of hydrogen-bond donors (Lipinski definition) is 2. The van der Waals surface area contributed by atoms with E-state index in [1.807, 2.05) is 6.08 Å². The minimum Gasteiger partial charge on any atom is -0.288 e. The van der Waals surface area contributed by atoms with Crippen LogP contribution in [0, 0.1) is 95.2 Å². The molecule has 0 heterocycles. The standard InChI is InChI=1S/C52H42OP.CH4.H2O6.H2/c1-4-6-8-10-14-19-31-41-50-45(3)44-46(52(53)51(50)42-32-18-11-9-7-5-2)34-24-17-15-12-13-16-20-33-43-54(47-35-25-21-26-36-47,48-37-27-22-28-38-48)49-39-29-23-30-40-49;;1-3-5-6-4-2;/h2,21-23,25-30,35-40,44H,3,12-13,15-17,20,24,33-34,43H2,1H3;1H4;1-2H;1H/q+1;;;. The second kappa shape index (κ2) is 31.2. The molecule has 0 fully saturated rings. The fourth-order valence-corrected chi connectivity index (χ4v) is 10.8. The molecule has 3 aromatic rings. The fraction of sp³-hybridized carbons (Fsp3) is 0.226. The Kier molecular flexibility index (Phi) is 25.7. The summed E-state index contributed by atoms with van der Waals surface area (Å²) in [5.74, 6) is 39.3. The number of hydrogen-bond acceptors (Lipinski definition) is 7. The number of benzene rings is 3. The highest BCUT2D eigenvalue weighted by Gasteiger charge is 2.44. The summed E-state index contributed by atoms with van der Waals surface area (Å²) in [6.07, 6.45) is 17.9. The number of carbonyl (C=O) groups excluding carboxylic acids is 1. The van der Waals surface area contributed by atoms with Crippen molar-refractivity contribution in [2.45, 2.75) is 72.1 Å². The Morgan fingerprint density at radius 3 is 1.46 bits per heavy atom. The van der Waals surface area contributed by atoms with Crippen molar-refractivity contribution in [2.24, 2.45) is 0 Å². The van der Waals surface area contributed by atoms with Crippen molar-refractivity contribution in [3.63, 3.8) is 0 Å². The van der Waals surface area contributed by atoms with Gasteiger partial charge in [-0.1, -0.05) is 113 Å². The summed E-state index contributed by atoms with van der Waals surface area (Å²) in [5.41, 5.74) is 2.03. The lowest BCUT2D eigenvalue weighted by Gasteiger charge is -2.27. The van der Waals surface area contributed by atoms with Crippen molar-refractivity contribution in [3.8, 4) is 95.2 Å². The van der Waals surface area contributed by atoms with Crippen LogP contribution < -0.4 is 15.9 Å². The molecule has 0 atom stereocenters. The van der Waals surface area contributed by atoms with Crippen LogP contribution in [-0.2, 0) is 24.9 Å². The van der Waals surface area contributed by atoms with Crippen LogP contribution in [0.4, 0.5) is 0 Å². The predicted octanol–water partition coefficient (Wildman–Crippen LogP) is 9.16. The van der Waals surface area contributed by atoms with Gasteiger partial charge in [-0.25, -0.2) is 10.5 Å². The molecule has 0 saturated carbocycles. The SMILES string of the molecule is C.C#CC#CC#CC#CC1=C(C#CC#CC#CC#CC)C(=C)C=C(CCCCCCCCCC[P+](c2ccccc2)(c2ccccc2)c2ccccc2)C1=O.OOOOOO.[HH]. The molecule has 0 unspecified atom stereocenters. The van der Waals surface area contributed by atoms with E-state index in [0.29, 0.717) is 23.1 Å². The number of carbonyl (C=O) groups is 1. The highest BCUT2D eigenvalue weighted by molar-refractivity contribution is 7.95. The number of rotatable bonds is 17. The third-order valence-corrected chi connectivity index (χ3v) is 13.5. The molecule has 0 spiro atoms. The molecule has 0 aromatic heterocycles. The van der Waals surface area contributed by atoms with Crippen LogP contribution in [-0.4, -0.2) is 22.5 Å². The van der Waals surface area contributed by atoms with Crippen molar-refractivity contribution in [3.05, 3.63) is 126 Å². The number of unbranched alkanes of at least 4 members (excludes halogenated alkanes) is 7. The maximum Gasteiger partial charge on any atom is 0.198 e. The maximum absolute atomic E-state index is 13.6. The highest BCUT2D eigenvalue weighted by Crippen LogP contribution is 2.56. The zero-order chi connectivity index (χ0) is 42.9. The lowest BCUT2D eigenvalue weighted by Crippen LogP contribution is -2.33. The van der Waals surface area contributed by atoms with Gasteiger partial charge in [-0.2, -0.15) is 0 Å². The number of Topliss-reactive ketones (excluding diaryl/α,β-unsaturated/α-hetero) is 1. The molecule has 8 heteroatoms. The van der Waals surface area contributed by atoms with Gasteiger partial charge in [0.05, 0.1) is 17.3 Å². The van der Waals surface area contributed by atoms with E-state index in [2.05, 4.69) is 207 Å². The smallest absolute Gasteiger partial charge is 0.198 e. The second-order valence-corrected chi connectivity index (χ2v) is 16.3.